The van der Waals surface area contributed by atoms with Crippen LogP contribution in [0, 0.1) is 25.2 Å². The molecule has 0 saturated heterocycles. The Kier molecular flexibility index (Phi) is 6.29. The van der Waals surface area contributed by atoms with Crippen LogP contribution in [0.2, 0.25) is 0 Å². The van der Waals surface area contributed by atoms with Crippen molar-refractivity contribution < 1.29 is 4.79 Å². The molecule has 4 rings (SSSR count). The first-order valence-corrected chi connectivity index (χ1v) is 11.3. The summed E-state index contributed by atoms with van der Waals surface area (Å²) in [4.78, 5) is 31.1. The van der Waals surface area contributed by atoms with Gasteiger partial charge < -0.3 is 5.32 Å². The molecule has 1 aromatic heterocycles. The first-order valence-electron chi connectivity index (χ1n) is 10.4. The number of aryl methyl sites for hydroxylation is 2. The van der Waals surface area contributed by atoms with E-state index in [9.17, 15) is 9.59 Å². The van der Waals surface area contributed by atoms with Crippen LogP contribution < -0.4 is 10.9 Å². The van der Waals surface area contributed by atoms with Crippen molar-refractivity contribution in [3.8, 4) is 11.8 Å². The fraction of sp³-hybridized carbons (Fsp3) is 0.154. The maximum Gasteiger partial charge on any atom is 0.266 e. The lowest BCUT2D eigenvalue weighted by Crippen LogP contribution is -2.26. The van der Waals surface area contributed by atoms with Crippen molar-refractivity contribution in [2.45, 2.75) is 31.2 Å². The maximum absolute atomic E-state index is 13.5. The Bertz CT molecular complexity index is 1450. The number of hydrogen-bond donors (Lipinski definition) is 1. The van der Waals surface area contributed by atoms with E-state index >= 15 is 0 Å². The number of para-hydroxylation sites is 1. The average Bonchev–Trinajstić information content (AvgIpc) is 2.78. The van der Waals surface area contributed by atoms with Crippen LogP contribution >= 0.6 is 11.8 Å². The van der Waals surface area contributed by atoms with Gasteiger partial charge in [-0.1, -0.05) is 36.0 Å². The molecule has 1 amide bonds. The molecule has 0 aliphatic rings. The minimum atomic E-state index is -0.541. The van der Waals surface area contributed by atoms with Crippen LogP contribution in [0.4, 0.5) is 5.69 Å². The van der Waals surface area contributed by atoms with Gasteiger partial charge in [-0.3, -0.25) is 14.2 Å². The maximum atomic E-state index is 13.5. The molecule has 0 radical (unpaired) electrons. The fourth-order valence-corrected chi connectivity index (χ4v) is 4.55. The molecule has 0 bridgehead atoms. The van der Waals surface area contributed by atoms with E-state index in [4.69, 9.17) is 10.2 Å². The van der Waals surface area contributed by atoms with Crippen LogP contribution in [-0.4, -0.2) is 20.7 Å². The number of fused-ring (bicyclic) bond motifs is 1. The summed E-state index contributed by atoms with van der Waals surface area (Å²) in [5, 5.41) is 12.3. The predicted molar refractivity (Wildman–Crippen MR) is 132 cm³/mol. The number of benzene rings is 3. The summed E-state index contributed by atoms with van der Waals surface area (Å²) in [5.74, 6) is -0.246. The highest BCUT2D eigenvalue weighted by Crippen LogP contribution is 2.27. The highest BCUT2D eigenvalue weighted by Gasteiger charge is 2.21. The SMILES string of the molecule is Cc1cc(C)cc(-n2c(SC(C)C(=O)Nc3cccc(C#N)c3)nc3ccccc3c2=O)c1. The van der Waals surface area contributed by atoms with Gasteiger partial charge >= 0.3 is 0 Å². The second-order valence-corrected chi connectivity index (χ2v) is 9.15. The topological polar surface area (TPSA) is 87.8 Å². The minimum absolute atomic E-state index is 0.178. The monoisotopic (exact) mass is 454 g/mol. The van der Waals surface area contributed by atoms with Gasteiger partial charge in [0.2, 0.25) is 5.91 Å². The highest BCUT2D eigenvalue weighted by atomic mass is 32.2. The molecule has 0 saturated carbocycles. The lowest BCUT2D eigenvalue weighted by atomic mass is 10.1. The molecule has 4 aromatic rings. The number of thioether (sulfide) groups is 1. The summed E-state index contributed by atoms with van der Waals surface area (Å²) in [6, 6.07) is 21.9. The molecule has 0 spiro atoms. The van der Waals surface area contributed by atoms with Gasteiger partial charge in [0.25, 0.3) is 5.56 Å². The molecular formula is C26H22N4O2S. The number of nitrogens with one attached hydrogen (secondary N) is 1. The standard InChI is InChI=1S/C26H22N4O2S/c1-16-11-17(2)13-21(12-16)30-25(32)22-9-4-5-10-23(22)29-26(30)33-18(3)24(31)28-20-8-6-7-19(14-20)15-27/h4-14,18H,1-3H3,(H,28,31). The smallest absolute Gasteiger partial charge is 0.266 e. The van der Waals surface area contributed by atoms with E-state index in [0.717, 1.165) is 11.1 Å². The first-order chi connectivity index (χ1) is 15.9. The Labute approximate surface area is 195 Å². The number of rotatable bonds is 5. The first kappa shape index (κ1) is 22.3. The van der Waals surface area contributed by atoms with E-state index in [0.29, 0.717) is 33.0 Å². The van der Waals surface area contributed by atoms with Gasteiger partial charge in [-0.05, 0) is 74.4 Å². The average molecular weight is 455 g/mol. The molecule has 0 aliphatic carbocycles. The van der Waals surface area contributed by atoms with Crippen molar-refractivity contribution in [1.29, 1.82) is 5.26 Å². The Balaban J connectivity index is 1.74. The molecule has 1 N–H and O–H groups in total. The van der Waals surface area contributed by atoms with E-state index in [1.807, 2.05) is 44.2 Å². The van der Waals surface area contributed by atoms with Crippen molar-refractivity contribution in [1.82, 2.24) is 9.55 Å². The van der Waals surface area contributed by atoms with Crippen LogP contribution in [0.3, 0.4) is 0 Å². The van der Waals surface area contributed by atoms with Crippen molar-refractivity contribution in [3.05, 3.63) is 93.8 Å². The zero-order valence-electron chi connectivity index (χ0n) is 18.5. The quantitative estimate of drug-likeness (QED) is 0.339. The number of aromatic nitrogens is 2. The summed E-state index contributed by atoms with van der Waals surface area (Å²) in [6.45, 7) is 5.73. The van der Waals surface area contributed by atoms with Gasteiger partial charge in [0.1, 0.15) is 0 Å². The molecular weight excluding hydrogens is 432 g/mol. The summed E-state index contributed by atoms with van der Waals surface area (Å²) in [5.41, 5.74) is 4.20. The molecule has 33 heavy (non-hydrogen) atoms. The van der Waals surface area contributed by atoms with Gasteiger partial charge in [-0.25, -0.2) is 4.98 Å². The molecule has 7 heteroatoms. The molecule has 1 unspecified atom stereocenters. The molecule has 1 atom stereocenters. The lowest BCUT2D eigenvalue weighted by molar-refractivity contribution is -0.115. The second kappa shape index (κ2) is 9.31. The number of amides is 1. The third kappa shape index (κ3) is 4.81. The summed E-state index contributed by atoms with van der Waals surface area (Å²) < 4.78 is 1.58. The number of carbonyl (C=O) groups excluding carboxylic acids is 1. The van der Waals surface area contributed by atoms with E-state index in [2.05, 4.69) is 11.4 Å². The van der Waals surface area contributed by atoms with E-state index in [1.54, 1.807) is 47.9 Å². The Morgan fingerprint density at radius 3 is 2.52 bits per heavy atom. The van der Waals surface area contributed by atoms with Crippen molar-refractivity contribution in [2.75, 3.05) is 5.32 Å². The van der Waals surface area contributed by atoms with E-state index in [-0.39, 0.29) is 11.5 Å². The van der Waals surface area contributed by atoms with Gasteiger partial charge in [-0.2, -0.15) is 5.26 Å². The number of anilines is 1. The third-order valence-corrected chi connectivity index (χ3v) is 6.17. The van der Waals surface area contributed by atoms with Gasteiger partial charge in [0.15, 0.2) is 5.16 Å². The third-order valence-electron chi connectivity index (χ3n) is 5.12. The number of nitrogens with zero attached hydrogens (tertiary/aromatic N) is 3. The number of nitriles is 1. The lowest BCUT2D eigenvalue weighted by Gasteiger charge is -2.17. The fourth-order valence-electron chi connectivity index (χ4n) is 3.62. The van der Waals surface area contributed by atoms with E-state index < -0.39 is 5.25 Å². The van der Waals surface area contributed by atoms with Crippen molar-refractivity contribution in [2.24, 2.45) is 0 Å². The summed E-state index contributed by atoms with van der Waals surface area (Å²) >= 11 is 1.22. The van der Waals surface area contributed by atoms with Gasteiger partial charge in [-0.15, -0.1) is 0 Å². The number of hydrogen-bond acceptors (Lipinski definition) is 5. The summed E-state index contributed by atoms with van der Waals surface area (Å²) in [7, 11) is 0. The molecule has 0 aliphatic heterocycles. The van der Waals surface area contributed by atoms with Gasteiger partial charge in [0, 0.05) is 5.69 Å². The molecule has 0 fully saturated rings. The van der Waals surface area contributed by atoms with Crippen LogP contribution in [0.15, 0.2) is 76.7 Å². The molecule has 164 valence electrons. The van der Waals surface area contributed by atoms with Crippen LogP contribution in [-0.2, 0) is 4.79 Å². The molecule has 1 heterocycles. The Morgan fingerprint density at radius 1 is 1.06 bits per heavy atom. The highest BCUT2D eigenvalue weighted by molar-refractivity contribution is 8.00. The van der Waals surface area contributed by atoms with Crippen LogP contribution in [0.5, 0.6) is 0 Å². The van der Waals surface area contributed by atoms with Gasteiger partial charge in [0.05, 0.1) is 33.5 Å². The van der Waals surface area contributed by atoms with Crippen LogP contribution in [0.1, 0.15) is 23.6 Å². The Morgan fingerprint density at radius 2 is 1.79 bits per heavy atom. The van der Waals surface area contributed by atoms with Crippen molar-refractivity contribution in [3.63, 3.8) is 0 Å². The van der Waals surface area contributed by atoms with Crippen molar-refractivity contribution >= 4 is 34.3 Å². The zero-order valence-corrected chi connectivity index (χ0v) is 19.3. The predicted octanol–water partition coefficient (Wildman–Crippen LogP) is 4.99. The minimum Gasteiger partial charge on any atom is -0.325 e. The molecule has 3 aromatic carbocycles. The largest absolute Gasteiger partial charge is 0.325 e. The summed E-state index contributed by atoms with van der Waals surface area (Å²) in [6.07, 6.45) is 0. The van der Waals surface area contributed by atoms with E-state index in [1.165, 1.54) is 11.8 Å². The number of carbonyl (C=O) groups is 1. The molecule has 6 nitrogen and oxygen atoms in total. The normalized spacial score (nSPS) is 11.7. The van der Waals surface area contributed by atoms with Crippen LogP contribution in [0.25, 0.3) is 16.6 Å². The zero-order chi connectivity index (χ0) is 23.5. The Hall–Kier alpha value is -3.89. The second-order valence-electron chi connectivity index (χ2n) is 7.84.